The molecule has 2 aromatic rings. The van der Waals surface area contributed by atoms with Crippen LogP contribution in [0.15, 0.2) is 54.6 Å². The fourth-order valence-electron chi connectivity index (χ4n) is 1.73. The first-order valence-corrected chi connectivity index (χ1v) is 7.21. The molecular formula is C16H12INO3. The highest BCUT2D eigenvalue weighted by atomic mass is 127. The number of amides is 1. The van der Waals surface area contributed by atoms with Crippen LogP contribution in [0.1, 0.15) is 15.9 Å². The van der Waals surface area contributed by atoms with Crippen molar-refractivity contribution in [2.75, 3.05) is 5.32 Å². The molecule has 0 saturated carbocycles. The van der Waals surface area contributed by atoms with Crippen molar-refractivity contribution in [2.24, 2.45) is 0 Å². The number of carbonyl (C=O) groups excluding carboxylic acids is 1. The number of carboxylic acid groups (broad SMARTS) is 1. The van der Waals surface area contributed by atoms with E-state index in [9.17, 15) is 9.59 Å². The number of benzene rings is 2. The van der Waals surface area contributed by atoms with Gasteiger partial charge in [0.05, 0.1) is 5.56 Å². The van der Waals surface area contributed by atoms with Gasteiger partial charge in [-0.15, -0.1) is 0 Å². The number of rotatable bonds is 4. The van der Waals surface area contributed by atoms with E-state index in [-0.39, 0.29) is 5.91 Å². The van der Waals surface area contributed by atoms with Crippen LogP contribution in [0.4, 0.5) is 5.69 Å². The Morgan fingerprint density at radius 3 is 2.57 bits per heavy atom. The van der Waals surface area contributed by atoms with Gasteiger partial charge in [0.25, 0.3) is 5.91 Å². The lowest BCUT2D eigenvalue weighted by atomic mass is 10.1. The summed E-state index contributed by atoms with van der Waals surface area (Å²) in [5.41, 5.74) is 1.93. The topological polar surface area (TPSA) is 66.4 Å². The van der Waals surface area contributed by atoms with E-state index in [0.29, 0.717) is 16.8 Å². The Morgan fingerprint density at radius 2 is 1.86 bits per heavy atom. The van der Waals surface area contributed by atoms with Gasteiger partial charge in [0, 0.05) is 15.3 Å². The second kappa shape index (κ2) is 7.03. The zero-order valence-corrected chi connectivity index (χ0v) is 13.1. The number of carboxylic acids is 1. The Kier molecular flexibility index (Phi) is 5.10. The van der Waals surface area contributed by atoms with Crippen LogP contribution in [-0.2, 0) is 4.79 Å². The first-order valence-electron chi connectivity index (χ1n) is 6.13. The van der Waals surface area contributed by atoms with E-state index in [1.807, 2.05) is 18.2 Å². The maximum absolute atomic E-state index is 12.2. The zero-order chi connectivity index (χ0) is 15.2. The lowest BCUT2D eigenvalue weighted by Gasteiger charge is -2.07. The minimum atomic E-state index is -1.01. The molecule has 0 radical (unpaired) electrons. The molecule has 1 amide bonds. The Morgan fingerprint density at radius 1 is 1.10 bits per heavy atom. The van der Waals surface area contributed by atoms with Crippen molar-refractivity contribution in [1.82, 2.24) is 0 Å². The summed E-state index contributed by atoms with van der Waals surface area (Å²) in [6.07, 6.45) is 2.53. The summed E-state index contributed by atoms with van der Waals surface area (Å²) >= 11 is 2.11. The van der Waals surface area contributed by atoms with E-state index in [1.165, 1.54) is 6.08 Å². The second-order valence-electron chi connectivity index (χ2n) is 4.23. The summed E-state index contributed by atoms with van der Waals surface area (Å²) in [7, 11) is 0. The molecule has 4 nitrogen and oxygen atoms in total. The predicted molar refractivity (Wildman–Crippen MR) is 90.2 cm³/mol. The summed E-state index contributed by atoms with van der Waals surface area (Å²) in [5.74, 6) is -1.21. The molecule has 0 aromatic heterocycles. The van der Waals surface area contributed by atoms with E-state index < -0.39 is 5.97 Å². The summed E-state index contributed by atoms with van der Waals surface area (Å²) < 4.78 is 0.870. The Bertz CT molecular complexity index is 710. The minimum Gasteiger partial charge on any atom is -0.478 e. The van der Waals surface area contributed by atoms with Crippen LogP contribution in [0.3, 0.4) is 0 Å². The number of anilines is 1. The molecule has 0 aliphatic rings. The Labute approximate surface area is 135 Å². The van der Waals surface area contributed by atoms with Crippen LogP contribution in [-0.4, -0.2) is 17.0 Å². The lowest BCUT2D eigenvalue weighted by molar-refractivity contribution is -0.131. The third-order valence-corrected chi connectivity index (χ3v) is 3.62. The smallest absolute Gasteiger partial charge is 0.328 e. The van der Waals surface area contributed by atoms with E-state index in [4.69, 9.17) is 5.11 Å². The largest absolute Gasteiger partial charge is 0.478 e. The summed E-state index contributed by atoms with van der Waals surface area (Å²) in [6.45, 7) is 0. The van der Waals surface area contributed by atoms with Crippen LogP contribution in [0.2, 0.25) is 0 Å². The quantitative estimate of drug-likeness (QED) is 0.616. The molecule has 0 atom stereocenters. The molecule has 0 aliphatic heterocycles. The zero-order valence-electron chi connectivity index (χ0n) is 10.9. The predicted octanol–water partition coefficient (Wildman–Crippen LogP) is 3.64. The van der Waals surface area contributed by atoms with Crippen LogP contribution < -0.4 is 5.32 Å². The van der Waals surface area contributed by atoms with Crippen molar-refractivity contribution in [3.63, 3.8) is 0 Å². The van der Waals surface area contributed by atoms with Gasteiger partial charge >= 0.3 is 5.97 Å². The molecule has 0 saturated heterocycles. The van der Waals surface area contributed by atoms with Gasteiger partial charge in [-0.2, -0.15) is 0 Å². The molecule has 0 bridgehead atoms. The summed E-state index contributed by atoms with van der Waals surface area (Å²) in [4.78, 5) is 22.7. The first kappa shape index (κ1) is 15.2. The number of carbonyl (C=O) groups is 2. The lowest BCUT2D eigenvalue weighted by Crippen LogP contribution is -2.13. The average molecular weight is 393 g/mol. The summed E-state index contributed by atoms with van der Waals surface area (Å²) in [5, 5.41) is 11.4. The normalized spacial score (nSPS) is 10.5. The standard InChI is InChI=1S/C16H12INO3/c17-14-7-2-1-6-13(14)16(21)18-12-5-3-4-11(10-12)8-9-15(19)20/h1-10H,(H,18,21)(H,19,20)/b9-8+. The molecule has 0 unspecified atom stereocenters. The van der Waals surface area contributed by atoms with Gasteiger partial charge in [0.1, 0.15) is 0 Å². The highest BCUT2D eigenvalue weighted by Gasteiger charge is 2.09. The maximum atomic E-state index is 12.2. The van der Waals surface area contributed by atoms with E-state index in [2.05, 4.69) is 27.9 Å². The third-order valence-electron chi connectivity index (χ3n) is 2.68. The number of hydrogen-bond acceptors (Lipinski definition) is 2. The molecule has 106 valence electrons. The van der Waals surface area contributed by atoms with Crippen molar-refractivity contribution in [3.05, 3.63) is 69.3 Å². The molecular weight excluding hydrogens is 381 g/mol. The molecule has 0 aliphatic carbocycles. The first-order chi connectivity index (χ1) is 10.1. The number of halogens is 1. The van der Waals surface area contributed by atoms with Gasteiger partial charge in [0.15, 0.2) is 0 Å². The molecule has 2 N–H and O–H groups in total. The second-order valence-corrected chi connectivity index (χ2v) is 5.39. The van der Waals surface area contributed by atoms with Crippen LogP contribution >= 0.6 is 22.6 Å². The number of nitrogens with one attached hydrogen (secondary N) is 1. The van der Waals surface area contributed by atoms with Crippen LogP contribution in [0.25, 0.3) is 6.08 Å². The van der Waals surface area contributed by atoms with E-state index in [0.717, 1.165) is 9.65 Å². The van der Waals surface area contributed by atoms with Crippen molar-refractivity contribution >= 4 is 46.2 Å². The SMILES string of the molecule is O=C(O)/C=C/c1cccc(NC(=O)c2ccccc2I)c1. The molecule has 21 heavy (non-hydrogen) atoms. The van der Waals surface area contributed by atoms with Crippen molar-refractivity contribution in [3.8, 4) is 0 Å². The molecule has 2 aromatic carbocycles. The molecule has 0 spiro atoms. The highest BCUT2D eigenvalue weighted by molar-refractivity contribution is 14.1. The maximum Gasteiger partial charge on any atom is 0.328 e. The van der Waals surface area contributed by atoms with Crippen LogP contribution in [0.5, 0.6) is 0 Å². The van der Waals surface area contributed by atoms with Gasteiger partial charge in [-0.3, -0.25) is 4.79 Å². The molecule has 0 heterocycles. The number of aliphatic carboxylic acids is 1. The van der Waals surface area contributed by atoms with Gasteiger partial charge < -0.3 is 10.4 Å². The Balaban J connectivity index is 2.17. The van der Waals surface area contributed by atoms with Gasteiger partial charge in [-0.05, 0) is 58.5 Å². The molecule has 2 rings (SSSR count). The Hall–Kier alpha value is -2.15. The minimum absolute atomic E-state index is 0.195. The van der Waals surface area contributed by atoms with Crippen molar-refractivity contribution < 1.29 is 14.7 Å². The monoisotopic (exact) mass is 393 g/mol. The van der Waals surface area contributed by atoms with Crippen molar-refractivity contribution in [2.45, 2.75) is 0 Å². The van der Waals surface area contributed by atoms with Gasteiger partial charge in [0.2, 0.25) is 0 Å². The molecule has 5 heteroatoms. The third kappa shape index (κ3) is 4.42. The molecule has 0 fully saturated rings. The van der Waals surface area contributed by atoms with E-state index in [1.54, 1.807) is 30.3 Å². The van der Waals surface area contributed by atoms with E-state index >= 15 is 0 Å². The fourth-order valence-corrected chi connectivity index (χ4v) is 2.36. The fraction of sp³-hybridized carbons (Fsp3) is 0. The number of hydrogen-bond donors (Lipinski definition) is 2. The van der Waals surface area contributed by atoms with Gasteiger partial charge in [-0.1, -0.05) is 24.3 Å². The van der Waals surface area contributed by atoms with Gasteiger partial charge in [-0.25, -0.2) is 4.79 Å². The van der Waals surface area contributed by atoms with Crippen molar-refractivity contribution in [1.29, 1.82) is 0 Å². The summed E-state index contributed by atoms with van der Waals surface area (Å²) in [6, 6.07) is 14.3. The average Bonchev–Trinajstić information content (AvgIpc) is 2.46. The van der Waals surface area contributed by atoms with Crippen LogP contribution in [0, 0.1) is 3.57 Å². The highest BCUT2D eigenvalue weighted by Crippen LogP contribution is 2.16.